The Hall–Kier alpha value is -0.310. The summed E-state index contributed by atoms with van der Waals surface area (Å²) < 4.78 is 0. The molecule has 0 spiro atoms. The zero-order valence-electron chi connectivity index (χ0n) is 13.9. The summed E-state index contributed by atoms with van der Waals surface area (Å²) in [4.78, 5) is 10.2. The minimum Gasteiger partial charge on any atom is -0.550 e. The van der Waals surface area contributed by atoms with Gasteiger partial charge in [-0.25, -0.2) is 0 Å². The average molecular weight is 300 g/mol. The topological polar surface area (TPSA) is 40.1 Å². The van der Waals surface area contributed by atoms with Crippen LogP contribution in [0.1, 0.15) is 71.1 Å². The summed E-state index contributed by atoms with van der Waals surface area (Å²) in [5.74, 6) is -0.927. The molecule has 2 nitrogen and oxygen atoms in total. The molecule has 114 valence electrons. The predicted molar refractivity (Wildman–Crippen MR) is 84.3 cm³/mol. The van der Waals surface area contributed by atoms with Gasteiger partial charge < -0.3 is 9.90 Å². The zero-order valence-corrected chi connectivity index (χ0v) is 15.9. The molecule has 0 unspecified atom stereocenters. The van der Waals surface area contributed by atoms with Crippen LogP contribution in [0.5, 0.6) is 0 Å². The van der Waals surface area contributed by atoms with E-state index in [0.717, 1.165) is 25.7 Å². The van der Waals surface area contributed by atoms with E-state index in [-0.39, 0.29) is 36.0 Å². The van der Waals surface area contributed by atoms with Crippen LogP contribution in [0.4, 0.5) is 0 Å². The van der Waals surface area contributed by atoms with Crippen molar-refractivity contribution in [2.24, 2.45) is 0 Å². The molecule has 0 saturated heterocycles. The van der Waals surface area contributed by atoms with Crippen LogP contribution in [0.3, 0.4) is 0 Å². The van der Waals surface area contributed by atoms with E-state index < -0.39 is 5.97 Å². The van der Waals surface area contributed by atoms with Crippen LogP contribution in [0.2, 0.25) is 0 Å². The molecule has 0 aromatic rings. The first-order chi connectivity index (χ1) is 9.77. The van der Waals surface area contributed by atoms with Crippen LogP contribution in [-0.2, 0) is 4.79 Å². The molecule has 0 aliphatic carbocycles. The molecule has 0 aliphatic rings. The van der Waals surface area contributed by atoms with Crippen molar-refractivity contribution in [1.82, 2.24) is 0 Å². The van der Waals surface area contributed by atoms with Crippen LogP contribution in [0.25, 0.3) is 0 Å². The number of carbonyl (C=O) groups excluding carboxylic acids is 1. The van der Waals surface area contributed by atoms with Crippen molar-refractivity contribution < 1.29 is 39.5 Å². The summed E-state index contributed by atoms with van der Waals surface area (Å²) in [5.41, 5.74) is 0. The van der Waals surface area contributed by atoms with Gasteiger partial charge in [0.1, 0.15) is 0 Å². The fourth-order valence-electron chi connectivity index (χ4n) is 1.86. The van der Waals surface area contributed by atoms with Crippen molar-refractivity contribution in [3.8, 4) is 0 Å². The zero-order chi connectivity index (χ0) is 14.9. The fraction of sp³-hybridized carbons (Fsp3) is 0.611. The second-order valence-corrected chi connectivity index (χ2v) is 5.06. The molecule has 21 heavy (non-hydrogen) atoms. The SMILES string of the molecule is CCCC/C=C/C=C/C=C/CCCCCCCC(=O)[O-].[Na+]. The third-order valence-electron chi connectivity index (χ3n) is 3.08. The standard InChI is InChI=1S/C18H30O2.Na/c1-2-3-4-5-6-7-8-9-10-11-12-13-14-15-16-17-18(19)20;/h5-10H,2-4,11-17H2,1H3,(H,19,20);/q;+1/p-1/b6-5+,8-7+,10-9+;. The van der Waals surface area contributed by atoms with E-state index in [4.69, 9.17) is 0 Å². The summed E-state index contributed by atoms with van der Waals surface area (Å²) in [7, 11) is 0. The van der Waals surface area contributed by atoms with Gasteiger partial charge >= 0.3 is 29.6 Å². The Balaban J connectivity index is 0. The summed E-state index contributed by atoms with van der Waals surface area (Å²) >= 11 is 0. The second-order valence-electron chi connectivity index (χ2n) is 5.06. The van der Waals surface area contributed by atoms with Gasteiger partial charge in [0.05, 0.1) is 0 Å². The first-order valence-corrected chi connectivity index (χ1v) is 7.95. The van der Waals surface area contributed by atoms with Gasteiger partial charge in [0.25, 0.3) is 0 Å². The van der Waals surface area contributed by atoms with Crippen LogP contribution < -0.4 is 34.7 Å². The molecule has 0 radical (unpaired) electrons. The van der Waals surface area contributed by atoms with E-state index in [9.17, 15) is 9.90 Å². The fourth-order valence-corrected chi connectivity index (χ4v) is 1.86. The van der Waals surface area contributed by atoms with Crippen molar-refractivity contribution in [3.05, 3.63) is 36.5 Å². The maximum Gasteiger partial charge on any atom is 1.00 e. The minimum atomic E-state index is -0.927. The Morgan fingerprint density at radius 2 is 1.33 bits per heavy atom. The van der Waals surface area contributed by atoms with E-state index >= 15 is 0 Å². The second kappa shape index (κ2) is 19.7. The number of rotatable bonds is 13. The number of carbonyl (C=O) groups is 1. The molecule has 0 bridgehead atoms. The van der Waals surface area contributed by atoms with E-state index in [1.165, 1.54) is 32.1 Å². The molecule has 0 aliphatic heterocycles. The van der Waals surface area contributed by atoms with E-state index in [0.29, 0.717) is 0 Å². The molecule has 0 aromatic heterocycles. The van der Waals surface area contributed by atoms with Crippen LogP contribution >= 0.6 is 0 Å². The van der Waals surface area contributed by atoms with Crippen molar-refractivity contribution in [3.63, 3.8) is 0 Å². The number of hydrogen-bond acceptors (Lipinski definition) is 2. The molecular weight excluding hydrogens is 271 g/mol. The number of aliphatic carboxylic acids is 1. The van der Waals surface area contributed by atoms with E-state index in [2.05, 4.69) is 43.4 Å². The van der Waals surface area contributed by atoms with E-state index in [1.54, 1.807) is 0 Å². The molecule has 0 aromatic carbocycles. The molecule has 3 heteroatoms. The normalized spacial score (nSPS) is 11.5. The Labute approximate surface area is 152 Å². The maximum absolute atomic E-state index is 10.2. The van der Waals surface area contributed by atoms with Gasteiger partial charge in [-0.1, -0.05) is 75.5 Å². The van der Waals surface area contributed by atoms with Gasteiger partial charge in [0.15, 0.2) is 0 Å². The Morgan fingerprint density at radius 1 is 0.810 bits per heavy atom. The molecule has 0 fully saturated rings. The third-order valence-corrected chi connectivity index (χ3v) is 3.08. The van der Waals surface area contributed by atoms with Gasteiger partial charge in [-0.15, -0.1) is 0 Å². The van der Waals surface area contributed by atoms with Gasteiger partial charge in [0.2, 0.25) is 0 Å². The number of allylic oxidation sites excluding steroid dienone is 6. The van der Waals surface area contributed by atoms with Gasteiger partial charge in [-0.05, 0) is 32.1 Å². The van der Waals surface area contributed by atoms with Crippen molar-refractivity contribution in [2.45, 2.75) is 71.1 Å². The Kier molecular flexibility index (Phi) is 21.5. The maximum atomic E-state index is 10.2. The Morgan fingerprint density at radius 3 is 1.90 bits per heavy atom. The first kappa shape index (κ1) is 23.0. The molecule has 0 heterocycles. The summed E-state index contributed by atoms with van der Waals surface area (Å²) in [6.07, 6.45) is 23.0. The number of carboxylic acids is 1. The predicted octanol–water partition coefficient (Wildman–Crippen LogP) is 1.33. The average Bonchev–Trinajstić information content (AvgIpc) is 2.43. The quantitative estimate of drug-likeness (QED) is 0.292. The molecule has 0 rings (SSSR count). The van der Waals surface area contributed by atoms with Crippen LogP contribution in [0, 0.1) is 0 Å². The van der Waals surface area contributed by atoms with Crippen molar-refractivity contribution in [1.29, 1.82) is 0 Å². The van der Waals surface area contributed by atoms with Crippen molar-refractivity contribution in [2.75, 3.05) is 0 Å². The number of carboxylic acid groups (broad SMARTS) is 1. The summed E-state index contributed by atoms with van der Waals surface area (Å²) in [5, 5.41) is 10.2. The van der Waals surface area contributed by atoms with Gasteiger partial charge in [-0.3, -0.25) is 0 Å². The Bertz CT molecular complexity index is 306. The van der Waals surface area contributed by atoms with E-state index in [1.807, 2.05) is 0 Å². The monoisotopic (exact) mass is 300 g/mol. The van der Waals surface area contributed by atoms with Gasteiger partial charge in [0, 0.05) is 5.97 Å². The molecular formula is C18H29NaO2. The van der Waals surface area contributed by atoms with Crippen LogP contribution in [-0.4, -0.2) is 5.97 Å². The molecule has 0 amide bonds. The first-order valence-electron chi connectivity index (χ1n) is 7.95. The number of unbranched alkanes of at least 4 members (excludes halogenated alkanes) is 7. The summed E-state index contributed by atoms with van der Waals surface area (Å²) in [6, 6.07) is 0. The van der Waals surface area contributed by atoms with Gasteiger partial charge in [-0.2, -0.15) is 0 Å². The molecule has 0 saturated carbocycles. The van der Waals surface area contributed by atoms with Crippen molar-refractivity contribution >= 4 is 5.97 Å². The number of hydrogen-bond donors (Lipinski definition) is 0. The molecule has 0 atom stereocenters. The molecule has 0 N–H and O–H groups in total. The summed E-state index contributed by atoms with van der Waals surface area (Å²) in [6.45, 7) is 2.20. The minimum absolute atomic E-state index is 0. The third kappa shape index (κ3) is 22.1. The largest absolute Gasteiger partial charge is 1.00 e. The smallest absolute Gasteiger partial charge is 0.550 e. The van der Waals surface area contributed by atoms with Crippen LogP contribution in [0.15, 0.2) is 36.5 Å².